The minimum atomic E-state index is -0.607. The normalized spacial score (nSPS) is 19.4. The first kappa shape index (κ1) is 14.1. The molecule has 106 valence electrons. The molecule has 1 aromatic rings. The van der Waals surface area contributed by atoms with Crippen molar-refractivity contribution in [2.24, 2.45) is 16.8 Å². The molecule has 1 aliphatic heterocycles. The van der Waals surface area contributed by atoms with E-state index in [4.69, 9.17) is 10.5 Å². The molecule has 1 aromatic carbocycles. The van der Waals surface area contributed by atoms with Gasteiger partial charge in [-0.3, -0.25) is 4.79 Å². The summed E-state index contributed by atoms with van der Waals surface area (Å²) in [6.07, 6.45) is 4.10. The first-order valence-corrected chi connectivity index (χ1v) is 6.69. The summed E-state index contributed by atoms with van der Waals surface area (Å²) in [6, 6.07) is 9.59. The smallest absolute Gasteiger partial charge is 0.320 e. The number of para-hydroxylation sites is 1. The Kier molecular flexibility index (Phi) is 4.40. The fraction of sp³-hybridized carbons (Fsp3) is 0.333. The molecule has 0 amide bonds. The Morgan fingerprint density at radius 2 is 2.15 bits per heavy atom. The molecule has 0 aromatic heterocycles. The minimum absolute atomic E-state index is 0.115. The van der Waals surface area contributed by atoms with Crippen LogP contribution in [-0.2, 0) is 9.53 Å². The number of ether oxygens (including phenoxy) is 1. The van der Waals surface area contributed by atoms with E-state index in [-0.39, 0.29) is 17.9 Å². The van der Waals surface area contributed by atoms with Gasteiger partial charge in [-0.1, -0.05) is 25.1 Å². The quantitative estimate of drug-likeness (QED) is 0.854. The Morgan fingerprint density at radius 3 is 2.75 bits per heavy atom. The Bertz CT molecular complexity index is 525. The molecule has 0 spiro atoms. The van der Waals surface area contributed by atoms with E-state index >= 15 is 0 Å². The summed E-state index contributed by atoms with van der Waals surface area (Å²) >= 11 is 0. The molecule has 1 heterocycles. The maximum absolute atomic E-state index is 12.0. The van der Waals surface area contributed by atoms with Crippen molar-refractivity contribution in [3.63, 3.8) is 0 Å². The lowest BCUT2D eigenvalue weighted by Crippen LogP contribution is -2.36. The number of hydrazone groups is 1. The second-order valence-electron chi connectivity index (χ2n) is 4.68. The van der Waals surface area contributed by atoms with E-state index in [2.05, 4.69) is 5.10 Å². The van der Waals surface area contributed by atoms with Crippen molar-refractivity contribution in [3.05, 3.63) is 42.6 Å². The van der Waals surface area contributed by atoms with E-state index in [0.717, 1.165) is 12.1 Å². The van der Waals surface area contributed by atoms with Crippen LogP contribution in [-0.4, -0.2) is 17.9 Å². The summed E-state index contributed by atoms with van der Waals surface area (Å²) < 4.78 is 5.28. The first-order valence-electron chi connectivity index (χ1n) is 6.69. The van der Waals surface area contributed by atoms with Gasteiger partial charge >= 0.3 is 5.97 Å². The zero-order valence-electron chi connectivity index (χ0n) is 11.7. The number of carbonyl (C=O) groups excluding carboxylic acids is 1. The molecule has 20 heavy (non-hydrogen) atoms. The van der Waals surface area contributed by atoms with Crippen LogP contribution in [0.4, 0.5) is 5.69 Å². The molecule has 5 heteroatoms. The lowest BCUT2D eigenvalue weighted by Gasteiger charge is -2.23. The highest BCUT2D eigenvalue weighted by Crippen LogP contribution is 2.19. The van der Waals surface area contributed by atoms with Gasteiger partial charge in [-0.15, -0.1) is 0 Å². The number of nitrogens with two attached hydrogens (primary N) is 1. The van der Waals surface area contributed by atoms with Crippen LogP contribution in [0.25, 0.3) is 0 Å². The van der Waals surface area contributed by atoms with E-state index in [1.165, 1.54) is 0 Å². The number of amidine groups is 1. The van der Waals surface area contributed by atoms with E-state index in [1.807, 2.05) is 44.2 Å². The fourth-order valence-electron chi connectivity index (χ4n) is 1.76. The highest BCUT2D eigenvalue weighted by Gasteiger charge is 2.26. The van der Waals surface area contributed by atoms with Crippen LogP contribution in [0.15, 0.2) is 47.7 Å². The van der Waals surface area contributed by atoms with E-state index < -0.39 is 5.92 Å². The molecule has 0 radical (unpaired) electrons. The van der Waals surface area contributed by atoms with Crippen LogP contribution in [0.1, 0.15) is 20.3 Å². The van der Waals surface area contributed by atoms with Gasteiger partial charge in [0.2, 0.25) is 0 Å². The van der Waals surface area contributed by atoms with Crippen molar-refractivity contribution in [1.29, 1.82) is 0 Å². The van der Waals surface area contributed by atoms with Gasteiger partial charge in [0.05, 0.1) is 11.8 Å². The van der Waals surface area contributed by atoms with Crippen molar-refractivity contribution < 1.29 is 9.53 Å². The molecule has 0 saturated heterocycles. The van der Waals surface area contributed by atoms with Gasteiger partial charge in [0.15, 0.2) is 0 Å². The fourth-order valence-corrected chi connectivity index (χ4v) is 1.76. The summed E-state index contributed by atoms with van der Waals surface area (Å²) in [5.41, 5.74) is 6.77. The molecule has 0 fully saturated rings. The largest absolute Gasteiger partial charge is 0.462 e. The van der Waals surface area contributed by atoms with Crippen molar-refractivity contribution >= 4 is 17.5 Å². The molecule has 5 nitrogen and oxygen atoms in total. The highest BCUT2D eigenvalue weighted by molar-refractivity contribution is 6.03. The molecule has 0 bridgehead atoms. The Labute approximate surface area is 118 Å². The van der Waals surface area contributed by atoms with Gasteiger partial charge in [0.25, 0.3) is 0 Å². The monoisotopic (exact) mass is 273 g/mol. The molecular weight excluding hydrogens is 254 g/mol. The van der Waals surface area contributed by atoms with Gasteiger partial charge in [0, 0.05) is 6.20 Å². The summed E-state index contributed by atoms with van der Waals surface area (Å²) in [6.45, 7) is 3.82. The maximum Gasteiger partial charge on any atom is 0.320 e. The van der Waals surface area contributed by atoms with Crippen LogP contribution in [0.3, 0.4) is 0 Å². The first-order chi connectivity index (χ1) is 9.61. The third kappa shape index (κ3) is 3.17. The zero-order valence-corrected chi connectivity index (χ0v) is 11.7. The number of carbonyl (C=O) groups is 1. The van der Waals surface area contributed by atoms with Crippen LogP contribution in [0, 0.1) is 5.92 Å². The van der Waals surface area contributed by atoms with Crippen LogP contribution < -0.4 is 10.7 Å². The summed E-state index contributed by atoms with van der Waals surface area (Å²) in [5.74, 6) is -0.724. The number of benzene rings is 1. The molecule has 2 rings (SSSR count). The second kappa shape index (κ2) is 6.23. The van der Waals surface area contributed by atoms with Crippen LogP contribution in [0.5, 0.6) is 0 Å². The molecule has 0 aliphatic carbocycles. The minimum Gasteiger partial charge on any atom is -0.462 e. The molecule has 2 unspecified atom stereocenters. The number of hydrogen-bond acceptors (Lipinski definition) is 5. The molecular formula is C15H19N3O2. The van der Waals surface area contributed by atoms with E-state index in [0.29, 0.717) is 0 Å². The Balaban J connectivity index is 2.08. The molecule has 2 atom stereocenters. The Morgan fingerprint density at radius 1 is 1.45 bits per heavy atom. The predicted octanol–water partition coefficient (Wildman–Crippen LogP) is 2.25. The van der Waals surface area contributed by atoms with E-state index in [1.54, 1.807) is 17.3 Å². The number of rotatable bonds is 4. The number of nitrogens with zero attached hydrogens (tertiary/aromatic N) is 2. The SMILES string of the molecule is CCC(C)OC(=O)C1C=CN(c2ccccc2)N=C1N. The summed E-state index contributed by atoms with van der Waals surface area (Å²) in [5, 5.41) is 5.87. The van der Waals surface area contributed by atoms with Gasteiger partial charge in [-0.2, -0.15) is 5.10 Å². The number of esters is 1. The van der Waals surface area contributed by atoms with Crippen molar-refractivity contribution in [3.8, 4) is 0 Å². The number of anilines is 1. The average molecular weight is 273 g/mol. The average Bonchev–Trinajstić information content (AvgIpc) is 2.47. The van der Waals surface area contributed by atoms with Gasteiger partial charge in [0.1, 0.15) is 11.8 Å². The van der Waals surface area contributed by atoms with Crippen LogP contribution >= 0.6 is 0 Å². The maximum atomic E-state index is 12.0. The Hall–Kier alpha value is -2.30. The third-order valence-electron chi connectivity index (χ3n) is 3.13. The zero-order chi connectivity index (χ0) is 14.5. The van der Waals surface area contributed by atoms with Crippen molar-refractivity contribution in [2.75, 3.05) is 5.01 Å². The topological polar surface area (TPSA) is 67.9 Å². The molecule has 0 saturated carbocycles. The van der Waals surface area contributed by atoms with Gasteiger partial charge in [-0.25, -0.2) is 5.01 Å². The predicted molar refractivity (Wildman–Crippen MR) is 79.0 cm³/mol. The van der Waals surface area contributed by atoms with Crippen molar-refractivity contribution in [1.82, 2.24) is 0 Å². The number of hydrogen-bond donors (Lipinski definition) is 1. The summed E-state index contributed by atoms with van der Waals surface area (Å²) in [4.78, 5) is 12.0. The van der Waals surface area contributed by atoms with Crippen LogP contribution in [0.2, 0.25) is 0 Å². The standard InChI is InChI=1S/C15H19N3O2/c1-3-11(2)20-15(19)13-9-10-18(17-14(13)16)12-7-5-4-6-8-12/h4-11,13H,3H2,1-2H3,(H2,16,17). The summed E-state index contributed by atoms with van der Waals surface area (Å²) in [7, 11) is 0. The lowest BCUT2D eigenvalue weighted by atomic mass is 10.1. The van der Waals surface area contributed by atoms with Gasteiger partial charge in [-0.05, 0) is 31.6 Å². The second-order valence-corrected chi connectivity index (χ2v) is 4.68. The third-order valence-corrected chi connectivity index (χ3v) is 3.13. The molecule has 2 N–H and O–H groups in total. The van der Waals surface area contributed by atoms with Crippen molar-refractivity contribution in [2.45, 2.75) is 26.4 Å². The molecule has 1 aliphatic rings. The van der Waals surface area contributed by atoms with Gasteiger partial charge < -0.3 is 10.5 Å². The lowest BCUT2D eigenvalue weighted by molar-refractivity contribution is -0.149. The van der Waals surface area contributed by atoms with E-state index in [9.17, 15) is 4.79 Å². The highest BCUT2D eigenvalue weighted by atomic mass is 16.5.